The van der Waals surface area contributed by atoms with Crippen molar-refractivity contribution in [1.82, 2.24) is 5.32 Å². The Kier molecular flexibility index (Phi) is 4.58. The molecule has 0 spiro atoms. The number of hydrogen-bond donors (Lipinski definition) is 1. The molecule has 0 saturated heterocycles. The normalized spacial score (nSPS) is 23.5. The van der Waals surface area contributed by atoms with Gasteiger partial charge in [0.2, 0.25) is 0 Å². The van der Waals surface area contributed by atoms with Crippen molar-refractivity contribution in [3.05, 3.63) is 34.3 Å². The summed E-state index contributed by atoms with van der Waals surface area (Å²) in [6.07, 6.45) is 5.07. The molecule has 0 bridgehead atoms. The maximum atomic E-state index is 6.38. The molecule has 0 aromatic heterocycles. The maximum absolute atomic E-state index is 6.38. The highest BCUT2D eigenvalue weighted by molar-refractivity contribution is 6.31. The van der Waals surface area contributed by atoms with E-state index in [2.05, 4.69) is 51.3 Å². The van der Waals surface area contributed by atoms with Crippen LogP contribution in [-0.2, 0) is 6.42 Å². The maximum Gasteiger partial charge on any atom is 0.0441 e. The molecule has 2 atom stereocenters. The summed E-state index contributed by atoms with van der Waals surface area (Å²) in [7, 11) is 2.08. The van der Waals surface area contributed by atoms with Gasteiger partial charge >= 0.3 is 0 Å². The largest absolute Gasteiger partial charge is 0.316 e. The zero-order chi connectivity index (χ0) is 14.0. The molecule has 2 heteroatoms. The van der Waals surface area contributed by atoms with E-state index in [4.69, 9.17) is 11.6 Å². The monoisotopic (exact) mass is 279 g/mol. The van der Waals surface area contributed by atoms with Gasteiger partial charge in [-0.15, -0.1) is 0 Å². The fourth-order valence-electron chi connectivity index (χ4n) is 3.60. The number of likely N-dealkylation sites (N-methyl/N-ethyl adjacent to an activating group) is 1. The quantitative estimate of drug-likeness (QED) is 0.849. The molecule has 1 fully saturated rings. The second-order valence-electron chi connectivity index (χ2n) is 6.68. The molecule has 1 aliphatic rings. The molecular weight excluding hydrogens is 254 g/mol. The first-order valence-electron chi connectivity index (χ1n) is 7.36. The number of halogens is 1. The van der Waals surface area contributed by atoms with Gasteiger partial charge in [0, 0.05) is 11.1 Å². The molecule has 2 rings (SSSR count). The zero-order valence-corrected chi connectivity index (χ0v) is 13.3. The van der Waals surface area contributed by atoms with Crippen molar-refractivity contribution < 1.29 is 0 Å². The lowest BCUT2D eigenvalue weighted by Crippen LogP contribution is -2.40. The zero-order valence-electron chi connectivity index (χ0n) is 12.6. The molecule has 1 aromatic carbocycles. The summed E-state index contributed by atoms with van der Waals surface area (Å²) in [6.45, 7) is 6.91. The van der Waals surface area contributed by atoms with E-state index in [-0.39, 0.29) is 0 Å². The van der Waals surface area contributed by atoms with E-state index >= 15 is 0 Å². The van der Waals surface area contributed by atoms with Crippen LogP contribution in [0.15, 0.2) is 18.2 Å². The third-order valence-electron chi connectivity index (χ3n) is 4.84. The summed E-state index contributed by atoms with van der Waals surface area (Å²) in [4.78, 5) is 0. The van der Waals surface area contributed by atoms with Crippen LogP contribution in [0.25, 0.3) is 0 Å². The number of benzene rings is 1. The van der Waals surface area contributed by atoms with Crippen molar-refractivity contribution in [3.8, 4) is 0 Å². The van der Waals surface area contributed by atoms with Gasteiger partial charge in [0.15, 0.2) is 0 Å². The first-order valence-corrected chi connectivity index (χ1v) is 7.74. The molecule has 1 saturated carbocycles. The molecular formula is C17H26ClN. The Morgan fingerprint density at radius 3 is 2.68 bits per heavy atom. The van der Waals surface area contributed by atoms with Gasteiger partial charge in [0.05, 0.1) is 0 Å². The molecule has 0 radical (unpaired) electrons. The first-order chi connectivity index (χ1) is 8.94. The van der Waals surface area contributed by atoms with Crippen molar-refractivity contribution in [2.75, 3.05) is 7.05 Å². The summed E-state index contributed by atoms with van der Waals surface area (Å²) in [5, 5.41) is 4.44. The first kappa shape index (κ1) is 14.9. The molecule has 2 unspecified atom stereocenters. The fourth-order valence-corrected chi connectivity index (χ4v) is 3.91. The molecule has 106 valence electrons. The summed E-state index contributed by atoms with van der Waals surface area (Å²) >= 11 is 6.38. The lowest BCUT2D eigenvalue weighted by molar-refractivity contribution is 0.201. The predicted molar refractivity (Wildman–Crippen MR) is 83.9 cm³/mol. The molecule has 1 N–H and O–H groups in total. The molecule has 19 heavy (non-hydrogen) atoms. The van der Waals surface area contributed by atoms with Crippen LogP contribution in [0, 0.1) is 18.3 Å². The van der Waals surface area contributed by atoms with Crippen molar-refractivity contribution in [3.63, 3.8) is 0 Å². The average Bonchev–Trinajstić information content (AvgIpc) is 2.68. The van der Waals surface area contributed by atoms with Crippen molar-refractivity contribution >= 4 is 11.6 Å². The molecule has 0 amide bonds. The van der Waals surface area contributed by atoms with Gasteiger partial charge in [-0.1, -0.05) is 44.0 Å². The second-order valence-corrected chi connectivity index (χ2v) is 7.09. The smallest absolute Gasteiger partial charge is 0.0441 e. The van der Waals surface area contributed by atoms with Crippen LogP contribution in [-0.4, -0.2) is 13.1 Å². The van der Waals surface area contributed by atoms with Crippen LogP contribution >= 0.6 is 11.6 Å². The fraction of sp³-hybridized carbons (Fsp3) is 0.647. The van der Waals surface area contributed by atoms with E-state index in [9.17, 15) is 0 Å². The number of nitrogens with one attached hydrogen (secondary N) is 1. The Morgan fingerprint density at radius 2 is 2.16 bits per heavy atom. The van der Waals surface area contributed by atoms with Crippen molar-refractivity contribution in [1.29, 1.82) is 0 Å². The summed E-state index contributed by atoms with van der Waals surface area (Å²) in [5.74, 6) is 0.745. The number of hydrogen-bond acceptors (Lipinski definition) is 1. The molecule has 1 aromatic rings. The SMILES string of the molecule is CNC(Cc1ccc(C)cc1Cl)C1CCCC1(C)C. The van der Waals surface area contributed by atoms with Gasteiger partial charge in [-0.2, -0.15) is 0 Å². The minimum atomic E-state index is 0.449. The Morgan fingerprint density at radius 1 is 1.42 bits per heavy atom. The van der Waals surface area contributed by atoms with Crippen LogP contribution in [0.3, 0.4) is 0 Å². The summed E-state index contributed by atoms with van der Waals surface area (Å²) in [5.41, 5.74) is 2.95. The molecule has 1 aliphatic carbocycles. The van der Waals surface area contributed by atoms with Gasteiger partial charge in [-0.25, -0.2) is 0 Å². The summed E-state index contributed by atoms with van der Waals surface area (Å²) < 4.78 is 0. The van der Waals surface area contributed by atoms with Crippen molar-refractivity contribution in [2.24, 2.45) is 11.3 Å². The third kappa shape index (κ3) is 3.32. The van der Waals surface area contributed by atoms with E-state index in [1.807, 2.05) is 0 Å². The minimum Gasteiger partial charge on any atom is -0.316 e. The molecule has 0 heterocycles. The highest BCUT2D eigenvalue weighted by Gasteiger charge is 2.38. The van der Waals surface area contributed by atoms with E-state index in [1.54, 1.807) is 0 Å². The second kappa shape index (κ2) is 5.85. The number of rotatable bonds is 4. The Labute approximate surface area is 122 Å². The Balaban J connectivity index is 2.15. The number of aryl methyl sites for hydroxylation is 1. The van der Waals surface area contributed by atoms with Crippen LogP contribution in [0.2, 0.25) is 5.02 Å². The minimum absolute atomic E-state index is 0.449. The Hall–Kier alpha value is -0.530. The lowest BCUT2D eigenvalue weighted by atomic mass is 9.76. The van der Waals surface area contributed by atoms with Crippen LogP contribution in [0.1, 0.15) is 44.2 Å². The summed E-state index contributed by atoms with van der Waals surface area (Å²) in [6, 6.07) is 6.94. The molecule has 1 nitrogen and oxygen atoms in total. The highest BCUT2D eigenvalue weighted by Crippen LogP contribution is 2.45. The lowest BCUT2D eigenvalue weighted by Gasteiger charge is -2.34. The van der Waals surface area contributed by atoms with Crippen LogP contribution in [0.4, 0.5) is 0 Å². The Bertz CT molecular complexity index is 439. The predicted octanol–water partition coefficient (Wildman–Crippen LogP) is 4.61. The van der Waals surface area contributed by atoms with Gasteiger partial charge in [0.1, 0.15) is 0 Å². The standard InChI is InChI=1S/C17H26ClN/c1-12-7-8-13(15(18)10-12)11-16(19-4)14-6-5-9-17(14,2)3/h7-8,10,14,16,19H,5-6,9,11H2,1-4H3. The highest BCUT2D eigenvalue weighted by atomic mass is 35.5. The van der Waals surface area contributed by atoms with E-state index in [0.717, 1.165) is 17.4 Å². The van der Waals surface area contributed by atoms with Gasteiger partial charge in [0.25, 0.3) is 0 Å². The van der Waals surface area contributed by atoms with Gasteiger partial charge in [-0.05, 0) is 61.8 Å². The van der Waals surface area contributed by atoms with E-state index < -0.39 is 0 Å². The van der Waals surface area contributed by atoms with Crippen LogP contribution in [0.5, 0.6) is 0 Å². The topological polar surface area (TPSA) is 12.0 Å². The van der Waals surface area contributed by atoms with Gasteiger partial charge in [-0.3, -0.25) is 0 Å². The van der Waals surface area contributed by atoms with Crippen molar-refractivity contribution in [2.45, 2.75) is 52.5 Å². The molecule has 0 aliphatic heterocycles. The third-order valence-corrected chi connectivity index (χ3v) is 5.20. The van der Waals surface area contributed by atoms with Crippen LogP contribution < -0.4 is 5.32 Å². The average molecular weight is 280 g/mol. The van der Waals surface area contributed by atoms with E-state index in [1.165, 1.54) is 30.4 Å². The van der Waals surface area contributed by atoms with E-state index in [0.29, 0.717) is 11.5 Å². The van der Waals surface area contributed by atoms with Gasteiger partial charge < -0.3 is 5.32 Å².